The van der Waals surface area contributed by atoms with Gasteiger partial charge in [-0.15, -0.1) is 0 Å². The quantitative estimate of drug-likeness (QED) is 0.233. The van der Waals surface area contributed by atoms with Gasteiger partial charge in [-0.05, 0) is 61.0 Å². The molecule has 0 atom stereocenters. The van der Waals surface area contributed by atoms with Crippen molar-refractivity contribution in [1.29, 1.82) is 0 Å². The zero-order valence-electron chi connectivity index (χ0n) is 16.5. The summed E-state index contributed by atoms with van der Waals surface area (Å²) in [5.41, 5.74) is 4.59. The highest BCUT2D eigenvalue weighted by Gasteiger charge is 2.09. The summed E-state index contributed by atoms with van der Waals surface area (Å²) in [4.78, 5) is 24.0. The van der Waals surface area contributed by atoms with Gasteiger partial charge in [0.15, 0.2) is 6.61 Å². The van der Waals surface area contributed by atoms with Crippen LogP contribution in [0.2, 0.25) is 10.0 Å². The van der Waals surface area contributed by atoms with Gasteiger partial charge in [0.05, 0.1) is 16.8 Å². The third kappa shape index (κ3) is 6.57. The maximum absolute atomic E-state index is 12.1. The first kappa shape index (κ1) is 22.3. The lowest BCUT2D eigenvalue weighted by Crippen LogP contribution is -2.24. The summed E-state index contributed by atoms with van der Waals surface area (Å²) in [6.07, 6.45) is 1.45. The number of nitrogens with zero attached hydrogens (tertiary/aromatic N) is 1. The normalized spacial score (nSPS) is 10.7. The molecule has 6 nitrogen and oxygen atoms in total. The first-order chi connectivity index (χ1) is 14.9. The van der Waals surface area contributed by atoms with Gasteiger partial charge in [-0.2, -0.15) is 5.10 Å². The Balaban J connectivity index is 1.47. The van der Waals surface area contributed by atoms with Gasteiger partial charge in [-0.25, -0.2) is 10.2 Å². The van der Waals surface area contributed by atoms with Gasteiger partial charge < -0.3 is 9.47 Å². The highest BCUT2D eigenvalue weighted by molar-refractivity contribution is 6.42. The van der Waals surface area contributed by atoms with Gasteiger partial charge >= 0.3 is 5.97 Å². The predicted molar refractivity (Wildman–Crippen MR) is 120 cm³/mol. The average Bonchev–Trinajstić information content (AvgIpc) is 2.76. The lowest BCUT2D eigenvalue weighted by molar-refractivity contribution is -0.123. The van der Waals surface area contributed by atoms with Crippen molar-refractivity contribution in [3.05, 3.63) is 93.5 Å². The minimum absolute atomic E-state index is 0.239. The van der Waals surface area contributed by atoms with Crippen molar-refractivity contribution in [2.24, 2.45) is 5.10 Å². The summed E-state index contributed by atoms with van der Waals surface area (Å²) in [5, 5.41) is 4.45. The highest BCUT2D eigenvalue weighted by atomic mass is 35.5. The van der Waals surface area contributed by atoms with Crippen molar-refractivity contribution in [3.8, 4) is 11.5 Å². The molecule has 0 spiro atoms. The molecule has 31 heavy (non-hydrogen) atoms. The van der Waals surface area contributed by atoms with Crippen molar-refractivity contribution < 1.29 is 19.1 Å². The summed E-state index contributed by atoms with van der Waals surface area (Å²) in [6, 6.07) is 18.7. The third-order valence-corrected chi connectivity index (χ3v) is 4.86. The van der Waals surface area contributed by atoms with E-state index in [2.05, 4.69) is 10.5 Å². The van der Waals surface area contributed by atoms with Crippen LogP contribution in [-0.4, -0.2) is 24.7 Å². The summed E-state index contributed by atoms with van der Waals surface area (Å²) in [5.74, 6) is -0.188. The molecule has 0 radical (unpaired) electrons. The summed E-state index contributed by atoms with van der Waals surface area (Å²) < 4.78 is 10.7. The van der Waals surface area contributed by atoms with E-state index in [1.807, 2.05) is 19.1 Å². The molecule has 0 aliphatic carbocycles. The van der Waals surface area contributed by atoms with Crippen LogP contribution in [0, 0.1) is 6.92 Å². The number of carbonyl (C=O) groups excluding carboxylic acids is 2. The van der Waals surface area contributed by atoms with E-state index in [9.17, 15) is 9.59 Å². The fraction of sp³-hybridized carbons (Fsp3) is 0.0870. The van der Waals surface area contributed by atoms with Crippen LogP contribution in [0.1, 0.15) is 21.5 Å². The molecule has 0 aliphatic rings. The summed E-state index contributed by atoms with van der Waals surface area (Å²) in [7, 11) is 0. The molecule has 0 fully saturated rings. The molecule has 0 saturated heterocycles. The number of aryl methyl sites for hydroxylation is 1. The Morgan fingerprint density at radius 3 is 2.42 bits per heavy atom. The second kappa shape index (κ2) is 10.6. The van der Waals surface area contributed by atoms with Gasteiger partial charge in [0.2, 0.25) is 0 Å². The van der Waals surface area contributed by atoms with E-state index in [-0.39, 0.29) is 11.6 Å². The predicted octanol–water partition coefficient (Wildman–Crippen LogP) is 5.05. The van der Waals surface area contributed by atoms with Crippen LogP contribution >= 0.6 is 23.2 Å². The number of carbonyl (C=O) groups is 2. The van der Waals surface area contributed by atoms with Crippen LogP contribution < -0.4 is 14.9 Å². The zero-order valence-corrected chi connectivity index (χ0v) is 18.0. The van der Waals surface area contributed by atoms with E-state index in [4.69, 9.17) is 32.7 Å². The Hall–Kier alpha value is -3.35. The molecule has 0 aromatic heterocycles. The lowest BCUT2D eigenvalue weighted by atomic mass is 10.1. The van der Waals surface area contributed by atoms with E-state index in [1.54, 1.807) is 54.6 Å². The van der Waals surface area contributed by atoms with E-state index >= 15 is 0 Å². The summed E-state index contributed by atoms with van der Waals surface area (Å²) >= 11 is 11.9. The molecular weight excluding hydrogens is 439 g/mol. The number of esters is 1. The molecule has 0 bridgehead atoms. The number of ether oxygens (including phenoxy) is 2. The monoisotopic (exact) mass is 456 g/mol. The summed E-state index contributed by atoms with van der Waals surface area (Å²) in [6.45, 7) is 1.67. The standard InChI is InChI=1S/C23H18Cl2N2O4/c1-15-5-9-17(10-6-15)23(29)31-18-11-7-16(8-12-18)13-26-27-21(28)14-30-20-4-2-3-19(24)22(20)25/h2-13H,14H2,1H3,(H,27,28)/b26-13-. The van der Waals surface area contributed by atoms with E-state index in [0.29, 0.717) is 27.6 Å². The van der Waals surface area contributed by atoms with Gasteiger partial charge in [0, 0.05) is 0 Å². The highest BCUT2D eigenvalue weighted by Crippen LogP contribution is 2.31. The maximum atomic E-state index is 12.1. The fourth-order valence-electron chi connectivity index (χ4n) is 2.43. The molecule has 158 valence electrons. The Morgan fingerprint density at radius 1 is 1.00 bits per heavy atom. The van der Waals surface area contributed by atoms with Crippen LogP contribution in [0.5, 0.6) is 11.5 Å². The average molecular weight is 457 g/mol. The first-order valence-electron chi connectivity index (χ1n) is 9.20. The number of hydrogen-bond acceptors (Lipinski definition) is 5. The van der Waals surface area contributed by atoms with Crippen LogP contribution in [0.15, 0.2) is 71.8 Å². The Morgan fingerprint density at radius 2 is 1.71 bits per heavy atom. The molecule has 3 rings (SSSR count). The first-order valence-corrected chi connectivity index (χ1v) is 9.95. The lowest BCUT2D eigenvalue weighted by Gasteiger charge is -2.07. The fourth-order valence-corrected chi connectivity index (χ4v) is 2.77. The number of nitrogens with one attached hydrogen (secondary N) is 1. The molecule has 3 aromatic carbocycles. The number of amides is 1. The van der Waals surface area contributed by atoms with Crippen molar-refractivity contribution in [2.45, 2.75) is 6.92 Å². The molecule has 0 heterocycles. The van der Waals surface area contributed by atoms with Crippen LogP contribution in [0.25, 0.3) is 0 Å². The van der Waals surface area contributed by atoms with Gasteiger partial charge in [0.1, 0.15) is 16.5 Å². The topological polar surface area (TPSA) is 77.0 Å². The SMILES string of the molecule is Cc1ccc(C(=O)Oc2ccc(/C=N\NC(=O)COc3cccc(Cl)c3Cl)cc2)cc1. The number of rotatable bonds is 7. The molecular formula is C23H18Cl2N2O4. The third-order valence-electron chi connectivity index (χ3n) is 4.06. The molecule has 0 saturated carbocycles. The van der Waals surface area contributed by atoms with Crippen molar-refractivity contribution >= 4 is 41.3 Å². The Bertz CT molecular complexity index is 1100. The van der Waals surface area contributed by atoms with Gasteiger partial charge in [-0.3, -0.25) is 4.79 Å². The molecule has 3 aromatic rings. The Kier molecular flexibility index (Phi) is 7.65. The van der Waals surface area contributed by atoms with Crippen molar-refractivity contribution in [1.82, 2.24) is 5.43 Å². The molecule has 8 heteroatoms. The van der Waals surface area contributed by atoms with Crippen LogP contribution in [0.4, 0.5) is 0 Å². The largest absolute Gasteiger partial charge is 0.482 e. The molecule has 1 N–H and O–H groups in total. The Labute approximate surface area is 189 Å². The van der Waals surface area contributed by atoms with Crippen LogP contribution in [-0.2, 0) is 4.79 Å². The molecule has 0 unspecified atom stereocenters. The number of hydrogen-bond donors (Lipinski definition) is 1. The van der Waals surface area contributed by atoms with Gasteiger partial charge in [0.25, 0.3) is 5.91 Å². The number of halogens is 2. The number of benzene rings is 3. The zero-order chi connectivity index (χ0) is 22.2. The second-order valence-electron chi connectivity index (χ2n) is 6.46. The van der Waals surface area contributed by atoms with Crippen LogP contribution in [0.3, 0.4) is 0 Å². The van der Waals surface area contributed by atoms with Crippen molar-refractivity contribution in [2.75, 3.05) is 6.61 Å². The molecule has 1 amide bonds. The smallest absolute Gasteiger partial charge is 0.343 e. The minimum atomic E-state index is -0.462. The maximum Gasteiger partial charge on any atom is 0.343 e. The van der Waals surface area contributed by atoms with Crippen molar-refractivity contribution in [3.63, 3.8) is 0 Å². The van der Waals surface area contributed by atoms with E-state index < -0.39 is 11.9 Å². The number of hydrazone groups is 1. The van der Waals surface area contributed by atoms with E-state index in [1.165, 1.54) is 6.21 Å². The minimum Gasteiger partial charge on any atom is -0.482 e. The second-order valence-corrected chi connectivity index (χ2v) is 7.24. The van der Waals surface area contributed by atoms with E-state index in [0.717, 1.165) is 5.56 Å². The molecule has 0 aliphatic heterocycles. The van der Waals surface area contributed by atoms with Gasteiger partial charge in [-0.1, -0.05) is 47.0 Å².